The Morgan fingerprint density at radius 3 is 2.86 bits per heavy atom. The van der Waals surface area contributed by atoms with Crippen molar-refractivity contribution in [3.8, 4) is 11.5 Å². The number of nitrogens with zero attached hydrogens (tertiary/aromatic N) is 2. The number of nitrogens with one attached hydrogen (secondary N) is 1. The quantitative estimate of drug-likeness (QED) is 0.753. The molecule has 3 heterocycles. The first-order chi connectivity index (χ1) is 13.6. The van der Waals surface area contributed by atoms with Crippen LogP contribution < -0.4 is 15.0 Å². The number of rotatable bonds is 4. The lowest BCUT2D eigenvalue weighted by atomic mass is 10.0. The van der Waals surface area contributed by atoms with Crippen molar-refractivity contribution in [2.24, 2.45) is 0 Å². The lowest BCUT2D eigenvalue weighted by Gasteiger charge is -2.18. The average Bonchev–Trinajstić information content (AvgIpc) is 3.23. The predicted octanol–water partition coefficient (Wildman–Crippen LogP) is 2.57. The van der Waals surface area contributed by atoms with Gasteiger partial charge in [-0.05, 0) is 36.8 Å². The third-order valence-corrected chi connectivity index (χ3v) is 5.19. The van der Waals surface area contributed by atoms with Crippen molar-refractivity contribution in [3.63, 3.8) is 0 Å². The highest BCUT2D eigenvalue weighted by atomic mass is 16.5. The van der Waals surface area contributed by atoms with Crippen molar-refractivity contribution in [2.45, 2.75) is 12.3 Å². The molecule has 7 nitrogen and oxygen atoms in total. The molecule has 1 amide bonds. The molecule has 7 heteroatoms. The number of hydrogen-bond donors (Lipinski definition) is 1. The van der Waals surface area contributed by atoms with Crippen LogP contribution in [0, 0.1) is 0 Å². The van der Waals surface area contributed by atoms with E-state index in [1.165, 1.54) is 7.11 Å². The summed E-state index contributed by atoms with van der Waals surface area (Å²) in [4.78, 5) is 34.4. The summed E-state index contributed by atoms with van der Waals surface area (Å²) in [5, 5.41) is 0.570. The first-order valence-electron chi connectivity index (χ1n) is 9.10. The fourth-order valence-corrected chi connectivity index (χ4v) is 3.67. The monoisotopic (exact) mass is 379 g/mol. The van der Waals surface area contributed by atoms with Gasteiger partial charge in [0.05, 0.1) is 30.7 Å². The van der Waals surface area contributed by atoms with E-state index in [0.717, 1.165) is 12.1 Å². The lowest BCUT2D eigenvalue weighted by Crippen LogP contribution is -2.29. The molecular formula is C21H21N3O4. The number of benzene rings is 1. The van der Waals surface area contributed by atoms with Crippen molar-refractivity contribution in [2.75, 3.05) is 27.3 Å². The number of hydrogen-bond acceptors (Lipinski definition) is 5. The number of aromatic amines is 1. The molecule has 0 radical (unpaired) electrons. The molecule has 1 aliphatic rings. The second-order valence-electron chi connectivity index (χ2n) is 6.79. The topological polar surface area (TPSA) is 84.5 Å². The van der Waals surface area contributed by atoms with Gasteiger partial charge in [-0.1, -0.05) is 0 Å². The zero-order valence-corrected chi connectivity index (χ0v) is 15.8. The number of fused-ring (bicyclic) bond motifs is 1. The van der Waals surface area contributed by atoms with E-state index in [-0.39, 0.29) is 17.4 Å². The molecule has 4 rings (SSSR count). The van der Waals surface area contributed by atoms with Crippen LogP contribution in [-0.2, 0) is 0 Å². The van der Waals surface area contributed by atoms with Gasteiger partial charge in [-0.25, -0.2) is 0 Å². The number of amides is 1. The summed E-state index contributed by atoms with van der Waals surface area (Å²) < 4.78 is 10.6. The second kappa shape index (κ2) is 7.34. The van der Waals surface area contributed by atoms with Crippen LogP contribution >= 0.6 is 0 Å². The highest BCUT2D eigenvalue weighted by Gasteiger charge is 2.30. The van der Waals surface area contributed by atoms with E-state index < -0.39 is 0 Å². The summed E-state index contributed by atoms with van der Waals surface area (Å²) in [5.41, 5.74) is 1.83. The van der Waals surface area contributed by atoms with Gasteiger partial charge in [0.15, 0.2) is 0 Å². The van der Waals surface area contributed by atoms with Gasteiger partial charge in [0.25, 0.3) is 11.5 Å². The van der Waals surface area contributed by atoms with Crippen molar-refractivity contribution in [1.29, 1.82) is 0 Å². The summed E-state index contributed by atoms with van der Waals surface area (Å²) in [5.74, 6) is 1.08. The molecule has 0 bridgehead atoms. The highest BCUT2D eigenvalue weighted by Crippen LogP contribution is 2.31. The largest absolute Gasteiger partial charge is 0.497 e. The molecule has 0 aliphatic carbocycles. The summed E-state index contributed by atoms with van der Waals surface area (Å²) >= 11 is 0. The SMILES string of the molecule is COc1ccc(C(=O)N2CC[C@H](c3cc4ncccc4c(=O)[nH]3)C2)c(OC)c1. The van der Waals surface area contributed by atoms with Crippen LogP contribution in [0.4, 0.5) is 0 Å². The fourth-order valence-electron chi connectivity index (χ4n) is 3.67. The third kappa shape index (κ3) is 3.19. The Morgan fingerprint density at radius 2 is 2.07 bits per heavy atom. The van der Waals surface area contributed by atoms with Gasteiger partial charge in [-0.3, -0.25) is 14.6 Å². The number of ether oxygens (including phenoxy) is 2. The Kier molecular flexibility index (Phi) is 4.73. The molecule has 144 valence electrons. The minimum absolute atomic E-state index is 0.0623. The highest BCUT2D eigenvalue weighted by molar-refractivity contribution is 5.97. The van der Waals surface area contributed by atoms with Crippen molar-refractivity contribution >= 4 is 16.8 Å². The number of carbonyl (C=O) groups excluding carboxylic acids is 1. The second-order valence-corrected chi connectivity index (χ2v) is 6.79. The van der Waals surface area contributed by atoms with E-state index in [1.807, 2.05) is 6.07 Å². The van der Waals surface area contributed by atoms with E-state index in [4.69, 9.17) is 9.47 Å². The summed E-state index contributed by atoms with van der Waals surface area (Å²) in [7, 11) is 3.10. The molecule has 0 spiro atoms. The van der Waals surface area contributed by atoms with Gasteiger partial charge in [-0.15, -0.1) is 0 Å². The molecule has 0 saturated carbocycles. The first-order valence-corrected chi connectivity index (χ1v) is 9.10. The van der Waals surface area contributed by atoms with Gasteiger partial charge < -0.3 is 19.4 Å². The number of aromatic nitrogens is 2. The Hall–Kier alpha value is -3.35. The minimum atomic E-state index is -0.151. The summed E-state index contributed by atoms with van der Waals surface area (Å²) in [6.07, 6.45) is 2.45. The standard InChI is InChI=1S/C21H21N3O4/c1-27-14-5-6-16(19(10-14)28-2)21(26)24-9-7-13(12-24)17-11-18-15(20(25)23-17)4-3-8-22-18/h3-6,8,10-11,13H,7,9,12H2,1-2H3,(H,23,25)/t13-/m0/s1. The van der Waals surface area contributed by atoms with E-state index in [2.05, 4.69) is 9.97 Å². The number of methoxy groups -OCH3 is 2. The third-order valence-electron chi connectivity index (χ3n) is 5.19. The number of pyridine rings is 2. The van der Waals surface area contributed by atoms with Gasteiger partial charge in [-0.2, -0.15) is 0 Å². The molecule has 1 saturated heterocycles. The molecule has 1 atom stereocenters. The molecule has 1 aliphatic heterocycles. The van der Waals surface area contributed by atoms with Crippen LogP contribution in [-0.4, -0.2) is 48.1 Å². The lowest BCUT2D eigenvalue weighted by molar-refractivity contribution is 0.0787. The van der Waals surface area contributed by atoms with Crippen molar-refractivity contribution in [1.82, 2.24) is 14.9 Å². The first kappa shape index (κ1) is 18.0. The molecule has 1 aromatic carbocycles. The van der Waals surface area contributed by atoms with Crippen LogP contribution in [0.15, 0.2) is 47.4 Å². The van der Waals surface area contributed by atoms with Gasteiger partial charge in [0.1, 0.15) is 11.5 Å². The molecule has 3 aromatic rings. The normalized spacial score (nSPS) is 16.4. The van der Waals surface area contributed by atoms with Crippen molar-refractivity contribution < 1.29 is 14.3 Å². The molecule has 1 N–H and O–H groups in total. The maximum Gasteiger partial charge on any atom is 0.257 e. The van der Waals surface area contributed by atoms with Gasteiger partial charge in [0.2, 0.25) is 0 Å². The van der Waals surface area contributed by atoms with E-state index in [0.29, 0.717) is 41.1 Å². The zero-order chi connectivity index (χ0) is 19.7. The average molecular weight is 379 g/mol. The number of likely N-dealkylation sites (tertiary alicyclic amines) is 1. The zero-order valence-electron chi connectivity index (χ0n) is 15.8. The van der Waals surface area contributed by atoms with Gasteiger partial charge >= 0.3 is 0 Å². The maximum absolute atomic E-state index is 13.0. The Labute approximate surface area is 161 Å². The van der Waals surface area contributed by atoms with E-state index in [1.54, 1.807) is 48.5 Å². The van der Waals surface area contributed by atoms with Crippen molar-refractivity contribution in [3.05, 3.63) is 64.2 Å². The van der Waals surface area contributed by atoms with E-state index >= 15 is 0 Å². The summed E-state index contributed by atoms with van der Waals surface area (Å²) in [6, 6.07) is 10.6. The molecular weight excluding hydrogens is 358 g/mol. The smallest absolute Gasteiger partial charge is 0.257 e. The molecule has 2 aromatic heterocycles. The Balaban J connectivity index is 1.58. The van der Waals surface area contributed by atoms with Gasteiger partial charge in [0, 0.05) is 37.0 Å². The number of H-pyrrole nitrogens is 1. The molecule has 28 heavy (non-hydrogen) atoms. The molecule has 1 fully saturated rings. The van der Waals surface area contributed by atoms with Crippen LogP contribution in [0.25, 0.3) is 10.9 Å². The van der Waals surface area contributed by atoms with Crippen LogP contribution in [0.3, 0.4) is 0 Å². The fraction of sp³-hybridized carbons (Fsp3) is 0.286. The summed E-state index contributed by atoms with van der Waals surface area (Å²) in [6.45, 7) is 1.14. The predicted molar refractivity (Wildman–Crippen MR) is 105 cm³/mol. The maximum atomic E-state index is 13.0. The number of carbonyl (C=O) groups is 1. The minimum Gasteiger partial charge on any atom is -0.497 e. The van der Waals surface area contributed by atoms with Crippen LogP contribution in [0.2, 0.25) is 0 Å². The van der Waals surface area contributed by atoms with Crippen LogP contribution in [0.1, 0.15) is 28.4 Å². The molecule has 0 unspecified atom stereocenters. The Bertz CT molecular complexity index is 1090. The Morgan fingerprint density at radius 1 is 1.21 bits per heavy atom. The van der Waals surface area contributed by atoms with Crippen LogP contribution in [0.5, 0.6) is 11.5 Å². The van der Waals surface area contributed by atoms with E-state index in [9.17, 15) is 9.59 Å².